The molecule has 2 rings (SSSR count). The first-order valence-electron chi connectivity index (χ1n) is 8.34. The zero-order valence-electron chi connectivity index (χ0n) is 14.3. The van der Waals surface area contributed by atoms with E-state index < -0.39 is 0 Å². The molecular formula is C18H28N2O2. The van der Waals surface area contributed by atoms with Gasteiger partial charge < -0.3 is 9.64 Å². The number of carbonyl (C=O) groups excluding carboxylic acids is 1. The summed E-state index contributed by atoms with van der Waals surface area (Å²) in [6.07, 6.45) is 3.06. The quantitative estimate of drug-likeness (QED) is 0.776. The van der Waals surface area contributed by atoms with Crippen molar-refractivity contribution < 1.29 is 9.53 Å². The highest BCUT2D eigenvalue weighted by atomic mass is 16.5. The van der Waals surface area contributed by atoms with Crippen molar-refractivity contribution in [1.29, 1.82) is 0 Å². The van der Waals surface area contributed by atoms with Crippen LogP contribution in [0.4, 0.5) is 5.69 Å². The molecule has 0 aromatic heterocycles. The SMILES string of the molecule is CCCN(CCC)[C@@H](C)C(=O)N1CCc2cc(OC)ccc21. The molecule has 0 saturated carbocycles. The Morgan fingerprint density at radius 2 is 2.00 bits per heavy atom. The lowest BCUT2D eigenvalue weighted by Gasteiger charge is -2.31. The van der Waals surface area contributed by atoms with Crippen LogP contribution < -0.4 is 9.64 Å². The molecule has 22 heavy (non-hydrogen) atoms. The molecule has 0 aliphatic carbocycles. The number of ether oxygens (including phenoxy) is 1. The summed E-state index contributed by atoms with van der Waals surface area (Å²) < 4.78 is 5.27. The van der Waals surface area contributed by atoms with Crippen LogP contribution in [0.15, 0.2) is 18.2 Å². The van der Waals surface area contributed by atoms with E-state index in [4.69, 9.17) is 4.74 Å². The zero-order valence-corrected chi connectivity index (χ0v) is 14.3. The van der Waals surface area contributed by atoms with Crippen LogP contribution in [-0.4, -0.2) is 43.6 Å². The Balaban J connectivity index is 2.14. The smallest absolute Gasteiger partial charge is 0.244 e. The second-order valence-corrected chi connectivity index (χ2v) is 5.95. The Bertz CT molecular complexity index is 510. The summed E-state index contributed by atoms with van der Waals surface area (Å²) in [5.74, 6) is 1.07. The van der Waals surface area contributed by atoms with Crippen molar-refractivity contribution in [1.82, 2.24) is 4.90 Å². The van der Waals surface area contributed by atoms with E-state index in [1.165, 1.54) is 5.56 Å². The van der Waals surface area contributed by atoms with Crippen LogP contribution in [0.1, 0.15) is 39.2 Å². The third-order valence-electron chi connectivity index (χ3n) is 4.37. The fourth-order valence-electron chi connectivity index (χ4n) is 3.19. The highest BCUT2D eigenvalue weighted by molar-refractivity contribution is 5.98. The number of benzene rings is 1. The summed E-state index contributed by atoms with van der Waals surface area (Å²) in [6, 6.07) is 5.93. The molecule has 0 saturated heterocycles. The molecule has 0 bridgehead atoms. The molecule has 0 N–H and O–H groups in total. The lowest BCUT2D eigenvalue weighted by molar-refractivity contribution is -0.123. The Morgan fingerprint density at radius 3 is 2.59 bits per heavy atom. The van der Waals surface area contributed by atoms with Gasteiger partial charge in [-0.1, -0.05) is 13.8 Å². The minimum Gasteiger partial charge on any atom is -0.497 e. The number of carbonyl (C=O) groups is 1. The maximum atomic E-state index is 12.9. The monoisotopic (exact) mass is 304 g/mol. The fourth-order valence-corrected chi connectivity index (χ4v) is 3.19. The molecule has 0 unspecified atom stereocenters. The highest BCUT2D eigenvalue weighted by Crippen LogP contribution is 2.32. The predicted octanol–water partition coefficient (Wildman–Crippen LogP) is 3.09. The van der Waals surface area contributed by atoms with E-state index in [0.717, 1.165) is 50.3 Å². The van der Waals surface area contributed by atoms with Gasteiger partial charge in [-0.05, 0) is 63.0 Å². The number of hydrogen-bond donors (Lipinski definition) is 0. The number of fused-ring (bicyclic) bond motifs is 1. The average molecular weight is 304 g/mol. The Morgan fingerprint density at radius 1 is 1.32 bits per heavy atom. The van der Waals surface area contributed by atoms with Gasteiger partial charge in [0.1, 0.15) is 5.75 Å². The molecule has 1 aliphatic heterocycles. The van der Waals surface area contributed by atoms with Crippen LogP contribution in [0.25, 0.3) is 0 Å². The summed E-state index contributed by atoms with van der Waals surface area (Å²) in [6.45, 7) is 9.09. The largest absolute Gasteiger partial charge is 0.497 e. The van der Waals surface area contributed by atoms with E-state index in [9.17, 15) is 4.79 Å². The summed E-state index contributed by atoms with van der Waals surface area (Å²) in [5.41, 5.74) is 2.25. The Labute approximate surface area is 134 Å². The molecule has 0 radical (unpaired) electrons. The molecule has 4 nitrogen and oxygen atoms in total. The standard InChI is InChI=1S/C18H28N2O2/c1-5-10-19(11-6-2)14(3)18(21)20-12-9-15-13-16(22-4)7-8-17(15)20/h7-8,13-14H,5-6,9-12H2,1-4H3/t14-/m0/s1. The van der Waals surface area contributed by atoms with Gasteiger partial charge in [-0.15, -0.1) is 0 Å². The van der Waals surface area contributed by atoms with Crippen molar-refractivity contribution in [3.63, 3.8) is 0 Å². The molecule has 1 aromatic rings. The van der Waals surface area contributed by atoms with Crippen LogP contribution in [0.3, 0.4) is 0 Å². The summed E-state index contributed by atoms with van der Waals surface area (Å²) in [5, 5.41) is 0. The minimum absolute atomic E-state index is 0.0621. The number of nitrogens with zero attached hydrogens (tertiary/aromatic N) is 2. The number of methoxy groups -OCH3 is 1. The maximum Gasteiger partial charge on any atom is 0.244 e. The van der Waals surface area contributed by atoms with Crippen LogP contribution in [0.5, 0.6) is 5.75 Å². The summed E-state index contributed by atoms with van der Waals surface area (Å²) >= 11 is 0. The van der Waals surface area contributed by atoms with Crippen LogP contribution in [0.2, 0.25) is 0 Å². The lowest BCUT2D eigenvalue weighted by Crippen LogP contribution is -2.47. The molecular weight excluding hydrogens is 276 g/mol. The van der Waals surface area contributed by atoms with Gasteiger partial charge in [0.25, 0.3) is 0 Å². The van der Waals surface area contributed by atoms with Crippen molar-refractivity contribution in [3.8, 4) is 5.75 Å². The second kappa shape index (κ2) is 7.63. The number of hydrogen-bond acceptors (Lipinski definition) is 3. The van der Waals surface area contributed by atoms with E-state index in [2.05, 4.69) is 18.7 Å². The summed E-state index contributed by atoms with van der Waals surface area (Å²) in [4.78, 5) is 17.1. The number of anilines is 1. The minimum atomic E-state index is -0.0621. The van der Waals surface area contributed by atoms with E-state index >= 15 is 0 Å². The molecule has 122 valence electrons. The Kier molecular flexibility index (Phi) is 5.83. The first-order chi connectivity index (χ1) is 10.6. The molecule has 1 aromatic carbocycles. The third kappa shape index (κ3) is 3.43. The molecule has 1 aliphatic rings. The first kappa shape index (κ1) is 16.8. The highest BCUT2D eigenvalue weighted by Gasteiger charge is 2.30. The van der Waals surface area contributed by atoms with Gasteiger partial charge in [0.05, 0.1) is 13.2 Å². The molecule has 0 spiro atoms. The van der Waals surface area contributed by atoms with Gasteiger partial charge in [0.15, 0.2) is 0 Å². The van der Waals surface area contributed by atoms with Crippen LogP contribution in [-0.2, 0) is 11.2 Å². The van der Waals surface area contributed by atoms with Crippen molar-refractivity contribution in [2.75, 3.05) is 31.6 Å². The maximum absolute atomic E-state index is 12.9. The van der Waals surface area contributed by atoms with E-state index in [0.29, 0.717) is 0 Å². The number of amides is 1. The van der Waals surface area contributed by atoms with Crippen LogP contribution >= 0.6 is 0 Å². The van der Waals surface area contributed by atoms with Gasteiger partial charge in [-0.25, -0.2) is 0 Å². The van der Waals surface area contributed by atoms with Gasteiger partial charge >= 0.3 is 0 Å². The second-order valence-electron chi connectivity index (χ2n) is 5.95. The normalized spacial score (nSPS) is 15.0. The van der Waals surface area contributed by atoms with Gasteiger partial charge in [0.2, 0.25) is 5.91 Å². The third-order valence-corrected chi connectivity index (χ3v) is 4.37. The van der Waals surface area contributed by atoms with Gasteiger partial charge in [0, 0.05) is 12.2 Å². The average Bonchev–Trinajstić information content (AvgIpc) is 2.96. The Hall–Kier alpha value is -1.55. The summed E-state index contributed by atoms with van der Waals surface area (Å²) in [7, 11) is 1.68. The molecule has 1 heterocycles. The van der Waals surface area contributed by atoms with Crippen molar-refractivity contribution >= 4 is 11.6 Å². The number of rotatable bonds is 7. The van der Waals surface area contributed by atoms with Gasteiger partial charge in [-0.3, -0.25) is 9.69 Å². The lowest BCUT2D eigenvalue weighted by atomic mass is 10.1. The van der Waals surface area contributed by atoms with Crippen molar-refractivity contribution in [2.24, 2.45) is 0 Å². The van der Waals surface area contributed by atoms with E-state index in [1.54, 1.807) is 7.11 Å². The molecule has 4 heteroatoms. The first-order valence-corrected chi connectivity index (χ1v) is 8.34. The van der Waals surface area contributed by atoms with E-state index in [-0.39, 0.29) is 11.9 Å². The molecule has 1 amide bonds. The van der Waals surface area contributed by atoms with Crippen LogP contribution in [0, 0.1) is 0 Å². The predicted molar refractivity (Wildman–Crippen MR) is 90.7 cm³/mol. The fraction of sp³-hybridized carbons (Fsp3) is 0.611. The van der Waals surface area contributed by atoms with Gasteiger partial charge in [-0.2, -0.15) is 0 Å². The topological polar surface area (TPSA) is 32.8 Å². The molecule has 1 atom stereocenters. The zero-order chi connectivity index (χ0) is 16.1. The van der Waals surface area contributed by atoms with E-state index in [1.807, 2.05) is 30.0 Å². The van der Waals surface area contributed by atoms with Crippen molar-refractivity contribution in [2.45, 2.75) is 46.1 Å². The van der Waals surface area contributed by atoms with Crippen molar-refractivity contribution in [3.05, 3.63) is 23.8 Å². The molecule has 0 fully saturated rings.